The number of nitrogens with one attached hydrogen (secondary N) is 1. The van der Waals surface area contributed by atoms with Gasteiger partial charge in [-0.2, -0.15) is 0 Å². The van der Waals surface area contributed by atoms with Crippen LogP contribution in [0.3, 0.4) is 0 Å². The molecule has 0 aromatic heterocycles. The normalized spacial score (nSPS) is 21.5. The van der Waals surface area contributed by atoms with E-state index in [-0.39, 0.29) is 11.6 Å². The van der Waals surface area contributed by atoms with Crippen LogP contribution in [0, 0.1) is 11.6 Å². The van der Waals surface area contributed by atoms with Gasteiger partial charge < -0.3 is 5.32 Å². The number of hydrogen-bond acceptors (Lipinski definition) is 1. The van der Waals surface area contributed by atoms with E-state index in [0.29, 0.717) is 4.47 Å². The van der Waals surface area contributed by atoms with Crippen LogP contribution in [0.1, 0.15) is 24.4 Å². The summed E-state index contributed by atoms with van der Waals surface area (Å²) in [5.41, 5.74) is 0.164. The van der Waals surface area contributed by atoms with Crippen molar-refractivity contribution in [3.05, 3.63) is 33.8 Å². The Kier molecular flexibility index (Phi) is 2.83. The van der Waals surface area contributed by atoms with E-state index in [9.17, 15) is 8.78 Å². The molecule has 0 bridgehead atoms. The minimum absolute atomic E-state index is 0.164. The SMILES string of the molecule is Fc1ccc(Br)c(F)c1[C@@H]1CCCN1. The van der Waals surface area contributed by atoms with Gasteiger partial charge in [-0.3, -0.25) is 0 Å². The van der Waals surface area contributed by atoms with Gasteiger partial charge in [0.05, 0.1) is 4.47 Å². The summed E-state index contributed by atoms with van der Waals surface area (Å²) < 4.78 is 27.3. The van der Waals surface area contributed by atoms with E-state index in [1.807, 2.05) is 0 Å². The van der Waals surface area contributed by atoms with Gasteiger partial charge in [-0.1, -0.05) is 0 Å². The maximum atomic E-state index is 13.6. The molecule has 1 fully saturated rings. The van der Waals surface area contributed by atoms with E-state index < -0.39 is 11.6 Å². The molecule has 0 saturated carbocycles. The molecule has 1 aliphatic heterocycles. The van der Waals surface area contributed by atoms with Crippen LogP contribution in [-0.2, 0) is 0 Å². The van der Waals surface area contributed by atoms with Gasteiger partial charge in [0.25, 0.3) is 0 Å². The third kappa shape index (κ3) is 1.68. The number of hydrogen-bond donors (Lipinski definition) is 1. The first-order valence-corrected chi connectivity index (χ1v) is 5.36. The number of halogens is 3. The van der Waals surface area contributed by atoms with Gasteiger partial charge in [0.15, 0.2) is 0 Å². The molecule has 0 amide bonds. The standard InChI is InChI=1S/C10H10BrF2N/c11-6-3-4-7(12)9(10(6)13)8-2-1-5-14-8/h3-4,8,14H,1-2,5H2/t8-/m0/s1. The van der Waals surface area contributed by atoms with E-state index in [1.165, 1.54) is 12.1 Å². The Morgan fingerprint density at radius 3 is 2.79 bits per heavy atom. The highest BCUT2D eigenvalue weighted by Crippen LogP contribution is 2.31. The van der Waals surface area contributed by atoms with Gasteiger partial charge in [-0.25, -0.2) is 8.78 Å². The third-order valence-corrected chi connectivity index (χ3v) is 3.10. The summed E-state index contributed by atoms with van der Waals surface area (Å²) in [7, 11) is 0. The monoisotopic (exact) mass is 261 g/mol. The van der Waals surface area contributed by atoms with Crippen molar-refractivity contribution in [2.24, 2.45) is 0 Å². The number of benzene rings is 1. The van der Waals surface area contributed by atoms with Crippen molar-refractivity contribution in [1.29, 1.82) is 0 Å². The van der Waals surface area contributed by atoms with E-state index in [0.717, 1.165) is 19.4 Å². The Hall–Kier alpha value is -0.480. The summed E-state index contributed by atoms with van der Waals surface area (Å²) in [6, 6.07) is 2.51. The van der Waals surface area contributed by atoms with Crippen LogP contribution in [-0.4, -0.2) is 6.54 Å². The Morgan fingerprint density at radius 2 is 2.14 bits per heavy atom. The molecule has 1 aromatic rings. The van der Waals surface area contributed by atoms with Crippen LogP contribution >= 0.6 is 15.9 Å². The minimum Gasteiger partial charge on any atom is -0.310 e. The first kappa shape index (κ1) is 10.1. The molecule has 0 aliphatic carbocycles. The molecule has 1 aromatic carbocycles. The molecule has 76 valence electrons. The van der Waals surface area contributed by atoms with Gasteiger partial charge in [-0.05, 0) is 47.4 Å². The number of rotatable bonds is 1. The summed E-state index contributed by atoms with van der Waals surface area (Å²) in [6.07, 6.45) is 1.76. The van der Waals surface area contributed by atoms with Gasteiger partial charge in [0.2, 0.25) is 0 Å². The molecule has 1 heterocycles. The van der Waals surface area contributed by atoms with Crippen LogP contribution in [0.5, 0.6) is 0 Å². The molecule has 0 radical (unpaired) electrons. The van der Waals surface area contributed by atoms with Crippen LogP contribution in [0.25, 0.3) is 0 Å². The van der Waals surface area contributed by atoms with Crippen molar-refractivity contribution in [3.8, 4) is 0 Å². The first-order valence-electron chi connectivity index (χ1n) is 4.57. The fourth-order valence-corrected chi connectivity index (χ4v) is 2.14. The maximum absolute atomic E-state index is 13.6. The molecule has 1 N–H and O–H groups in total. The molecule has 1 nitrogen and oxygen atoms in total. The molecule has 1 aliphatic rings. The average Bonchev–Trinajstić information content (AvgIpc) is 2.65. The highest BCUT2D eigenvalue weighted by atomic mass is 79.9. The molecular weight excluding hydrogens is 252 g/mol. The second-order valence-electron chi connectivity index (χ2n) is 3.41. The minimum atomic E-state index is -0.482. The van der Waals surface area contributed by atoms with Crippen molar-refractivity contribution in [1.82, 2.24) is 5.32 Å². The summed E-state index contributed by atoms with van der Waals surface area (Å²) in [5, 5.41) is 3.08. The van der Waals surface area contributed by atoms with Crippen molar-refractivity contribution in [2.45, 2.75) is 18.9 Å². The summed E-state index contributed by atoms with van der Waals surface area (Å²) in [6.45, 7) is 0.829. The Balaban J connectivity index is 2.44. The van der Waals surface area contributed by atoms with Crippen LogP contribution in [0.2, 0.25) is 0 Å². The smallest absolute Gasteiger partial charge is 0.145 e. The zero-order valence-corrected chi connectivity index (χ0v) is 9.07. The summed E-state index contributed by atoms with van der Waals surface area (Å²) in [4.78, 5) is 0. The van der Waals surface area contributed by atoms with Crippen molar-refractivity contribution in [2.75, 3.05) is 6.54 Å². The molecule has 1 saturated heterocycles. The quantitative estimate of drug-likeness (QED) is 0.766. The van der Waals surface area contributed by atoms with Crippen LogP contribution < -0.4 is 5.32 Å². The van der Waals surface area contributed by atoms with Gasteiger partial charge in [-0.15, -0.1) is 0 Å². The van der Waals surface area contributed by atoms with Gasteiger partial charge in [0, 0.05) is 11.6 Å². The van der Waals surface area contributed by atoms with Crippen molar-refractivity contribution in [3.63, 3.8) is 0 Å². The van der Waals surface area contributed by atoms with Gasteiger partial charge >= 0.3 is 0 Å². The Labute approximate surface area is 89.6 Å². The van der Waals surface area contributed by atoms with E-state index in [1.54, 1.807) is 0 Å². The van der Waals surface area contributed by atoms with E-state index in [2.05, 4.69) is 21.2 Å². The topological polar surface area (TPSA) is 12.0 Å². The predicted octanol–water partition coefficient (Wildman–Crippen LogP) is 3.15. The Morgan fingerprint density at radius 1 is 1.36 bits per heavy atom. The van der Waals surface area contributed by atoms with Crippen molar-refractivity contribution >= 4 is 15.9 Å². The second-order valence-corrected chi connectivity index (χ2v) is 4.26. The lowest BCUT2D eigenvalue weighted by atomic mass is 10.0. The molecule has 2 rings (SSSR count). The highest BCUT2D eigenvalue weighted by molar-refractivity contribution is 9.10. The van der Waals surface area contributed by atoms with Gasteiger partial charge in [0.1, 0.15) is 11.6 Å². The molecule has 0 spiro atoms. The zero-order chi connectivity index (χ0) is 10.1. The van der Waals surface area contributed by atoms with Crippen molar-refractivity contribution < 1.29 is 8.78 Å². The third-order valence-electron chi connectivity index (χ3n) is 2.49. The fourth-order valence-electron chi connectivity index (χ4n) is 1.79. The van der Waals surface area contributed by atoms with Crippen LogP contribution in [0.15, 0.2) is 16.6 Å². The lowest BCUT2D eigenvalue weighted by Gasteiger charge is -2.13. The second kappa shape index (κ2) is 3.95. The molecular formula is C10H10BrF2N. The van der Waals surface area contributed by atoms with E-state index >= 15 is 0 Å². The Bertz CT molecular complexity index is 348. The maximum Gasteiger partial charge on any atom is 0.145 e. The van der Waals surface area contributed by atoms with E-state index in [4.69, 9.17) is 0 Å². The fraction of sp³-hybridized carbons (Fsp3) is 0.400. The first-order chi connectivity index (χ1) is 6.70. The lowest BCUT2D eigenvalue weighted by Crippen LogP contribution is -2.16. The molecule has 4 heteroatoms. The predicted molar refractivity (Wildman–Crippen MR) is 54.0 cm³/mol. The zero-order valence-electron chi connectivity index (χ0n) is 7.49. The summed E-state index contributed by atoms with van der Waals surface area (Å²) >= 11 is 3.06. The molecule has 0 unspecified atom stereocenters. The molecule has 1 atom stereocenters. The molecule has 14 heavy (non-hydrogen) atoms. The highest BCUT2D eigenvalue weighted by Gasteiger charge is 2.24. The largest absolute Gasteiger partial charge is 0.310 e. The summed E-state index contributed by atoms with van der Waals surface area (Å²) in [5.74, 6) is -0.950. The average molecular weight is 262 g/mol. The lowest BCUT2D eigenvalue weighted by molar-refractivity contribution is 0.504. The van der Waals surface area contributed by atoms with Crippen LogP contribution in [0.4, 0.5) is 8.78 Å².